The van der Waals surface area contributed by atoms with E-state index in [4.69, 9.17) is 4.74 Å². The van der Waals surface area contributed by atoms with Gasteiger partial charge in [-0.3, -0.25) is 9.48 Å². The number of rotatable bonds is 6. The van der Waals surface area contributed by atoms with Crippen LogP contribution in [0, 0.1) is 49.9 Å². The molecule has 5 nitrogen and oxygen atoms in total. The van der Waals surface area contributed by atoms with Gasteiger partial charge in [0.1, 0.15) is 5.75 Å². The fourth-order valence-electron chi connectivity index (χ4n) is 3.01. The molecule has 1 N–H and O–H groups in total. The zero-order chi connectivity index (χ0) is 22.9. The zero-order valence-electron chi connectivity index (χ0n) is 16.8. The number of amides is 1. The SMILES string of the molecule is Cc1ccccc1OCC(=O)Nc1c(C)nn(Cc2c(F)c(F)c(F)c(F)c2F)c1C. The summed E-state index contributed by atoms with van der Waals surface area (Å²) in [6.45, 7) is 3.83. The van der Waals surface area contributed by atoms with E-state index in [-0.39, 0.29) is 18.0 Å². The summed E-state index contributed by atoms with van der Waals surface area (Å²) in [6.07, 6.45) is 0. The van der Waals surface area contributed by atoms with E-state index in [0.717, 1.165) is 10.2 Å². The molecule has 3 aromatic rings. The van der Waals surface area contributed by atoms with Crippen molar-refractivity contribution < 1.29 is 31.5 Å². The second kappa shape index (κ2) is 8.75. The number of para-hydroxylation sites is 1. The number of anilines is 1. The minimum Gasteiger partial charge on any atom is -0.483 e. The van der Waals surface area contributed by atoms with Crippen LogP contribution in [0.15, 0.2) is 24.3 Å². The summed E-state index contributed by atoms with van der Waals surface area (Å²) in [5.41, 5.74) is 0.639. The highest BCUT2D eigenvalue weighted by Crippen LogP contribution is 2.26. The normalized spacial score (nSPS) is 11.0. The summed E-state index contributed by atoms with van der Waals surface area (Å²) in [4.78, 5) is 12.3. The fraction of sp³-hybridized carbons (Fsp3) is 0.238. The van der Waals surface area contributed by atoms with Gasteiger partial charge in [-0.15, -0.1) is 0 Å². The first-order valence-electron chi connectivity index (χ1n) is 9.14. The first kappa shape index (κ1) is 22.3. The number of hydrogen-bond acceptors (Lipinski definition) is 3. The summed E-state index contributed by atoms with van der Waals surface area (Å²) in [5.74, 6) is -10.1. The summed E-state index contributed by atoms with van der Waals surface area (Å²) in [5, 5.41) is 6.64. The van der Waals surface area contributed by atoms with Gasteiger partial charge in [-0.2, -0.15) is 5.10 Å². The molecule has 0 aliphatic heterocycles. The Morgan fingerprint density at radius 1 is 0.968 bits per heavy atom. The average molecular weight is 439 g/mol. The molecule has 0 saturated carbocycles. The Balaban J connectivity index is 1.79. The van der Waals surface area contributed by atoms with Crippen LogP contribution in [0.1, 0.15) is 22.5 Å². The molecule has 10 heteroatoms. The molecular formula is C21H18F5N3O2. The molecule has 1 amide bonds. The number of nitrogens with one attached hydrogen (secondary N) is 1. The van der Waals surface area contributed by atoms with E-state index in [1.165, 1.54) is 13.8 Å². The zero-order valence-corrected chi connectivity index (χ0v) is 16.8. The van der Waals surface area contributed by atoms with Gasteiger partial charge in [0, 0.05) is 0 Å². The number of nitrogens with zero attached hydrogens (tertiary/aromatic N) is 2. The van der Waals surface area contributed by atoms with Crippen molar-refractivity contribution in [3.8, 4) is 5.75 Å². The van der Waals surface area contributed by atoms with Gasteiger partial charge in [-0.25, -0.2) is 22.0 Å². The van der Waals surface area contributed by atoms with Crippen LogP contribution in [-0.4, -0.2) is 22.3 Å². The topological polar surface area (TPSA) is 56.1 Å². The van der Waals surface area contributed by atoms with Crippen molar-refractivity contribution in [3.63, 3.8) is 0 Å². The van der Waals surface area contributed by atoms with Crippen molar-refractivity contribution in [2.45, 2.75) is 27.3 Å². The van der Waals surface area contributed by atoms with Crippen molar-refractivity contribution in [2.75, 3.05) is 11.9 Å². The number of benzene rings is 2. The molecule has 0 bridgehead atoms. The maximum absolute atomic E-state index is 14.0. The van der Waals surface area contributed by atoms with E-state index < -0.39 is 47.1 Å². The lowest BCUT2D eigenvalue weighted by molar-refractivity contribution is -0.118. The molecule has 0 unspecified atom stereocenters. The van der Waals surface area contributed by atoms with Crippen molar-refractivity contribution in [2.24, 2.45) is 0 Å². The van der Waals surface area contributed by atoms with Crippen molar-refractivity contribution in [3.05, 3.63) is 75.9 Å². The highest BCUT2D eigenvalue weighted by molar-refractivity contribution is 5.93. The highest BCUT2D eigenvalue weighted by Gasteiger charge is 2.27. The Kier molecular flexibility index (Phi) is 6.28. The molecule has 0 atom stereocenters. The van der Waals surface area contributed by atoms with E-state index in [1.54, 1.807) is 12.1 Å². The molecule has 2 aromatic carbocycles. The van der Waals surface area contributed by atoms with Gasteiger partial charge >= 0.3 is 0 Å². The van der Waals surface area contributed by atoms with Crippen molar-refractivity contribution in [1.82, 2.24) is 9.78 Å². The number of carbonyl (C=O) groups excluding carboxylic acids is 1. The Hall–Kier alpha value is -3.43. The standard InChI is InChI=1S/C21H18F5N3O2/c1-10-6-4-5-7-14(10)31-9-15(30)27-21-11(2)28-29(12(21)3)8-13-16(22)18(24)20(26)19(25)17(13)23/h4-7H,8-9H2,1-3H3,(H,27,30). The van der Waals surface area contributed by atoms with Crippen molar-refractivity contribution >= 4 is 11.6 Å². The summed E-state index contributed by atoms with van der Waals surface area (Å²) < 4.78 is 74.6. The van der Waals surface area contributed by atoms with Crippen LogP contribution in [0.4, 0.5) is 27.6 Å². The lowest BCUT2D eigenvalue weighted by Crippen LogP contribution is -2.21. The molecule has 3 rings (SSSR count). The number of carbonyl (C=O) groups is 1. The molecular weight excluding hydrogens is 421 g/mol. The Labute approximate surface area is 174 Å². The van der Waals surface area contributed by atoms with E-state index in [1.807, 2.05) is 19.1 Å². The summed E-state index contributed by atoms with van der Waals surface area (Å²) in [7, 11) is 0. The molecule has 164 valence electrons. The second-order valence-electron chi connectivity index (χ2n) is 6.85. The van der Waals surface area contributed by atoms with Gasteiger partial charge in [0.15, 0.2) is 29.9 Å². The second-order valence-corrected chi connectivity index (χ2v) is 6.85. The van der Waals surface area contributed by atoms with Crippen LogP contribution in [0.2, 0.25) is 0 Å². The number of ether oxygens (including phenoxy) is 1. The molecule has 31 heavy (non-hydrogen) atoms. The lowest BCUT2D eigenvalue weighted by atomic mass is 10.1. The molecule has 0 saturated heterocycles. The van der Waals surface area contributed by atoms with Gasteiger partial charge in [-0.05, 0) is 32.4 Å². The van der Waals surface area contributed by atoms with Crippen LogP contribution in [0.5, 0.6) is 5.75 Å². The largest absolute Gasteiger partial charge is 0.483 e. The first-order valence-corrected chi connectivity index (χ1v) is 9.14. The number of hydrogen-bond donors (Lipinski definition) is 1. The Bertz CT molecular complexity index is 1130. The molecule has 1 aromatic heterocycles. The number of aryl methyl sites for hydroxylation is 2. The van der Waals surface area contributed by atoms with Crippen LogP contribution < -0.4 is 10.1 Å². The van der Waals surface area contributed by atoms with Gasteiger partial charge in [0.25, 0.3) is 5.91 Å². The molecule has 0 aliphatic carbocycles. The van der Waals surface area contributed by atoms with Gasteiger partial charge in [0.05, 0.1) is 29.2 Å². The quantitative estimate of drug-likeness (QED) is 0.348. The van der Waals surface area contributed by atoms with Crippen LogP contribution >= 0.6 is 0 Å². The fourth-order valence-corrected chi connectivity index (χ4v) is 3.01. The molecule has 0 aliphatic rings. The highest BCUT2D eigenvalue weighted by atomic mass is 19.2. The predicted molar refractivity (Wildman–Crippen MR) is 102 cm³/mol. The molecule has 0 radical (unpaired) electrons. The van der Waals surface area contributed by atoms with E-state index in [2.05, 4.69) is 10.4 Å². The molecule has 0 fully saturated rings. The first-order chi connectivity index (χ1) is 14.6. The third-order valence-electron chi connectivity index (χ3n) is 4.71. The maximum atomic E-state index is 14.0. The van der Waals surface area contributed by atoms with Crippen LogP contribution in [0.25, 0.3) is 0 Å². The number of halogens is 5. The van der Waals surface area contributed by atoms with Gasteiger partial charge < -0.3 is 10.1 Å². The minimum absolute atomic E-state index is 0.252. The smallest absolute Gasteiger partial charge is 0.262 e. The lowest BCUT2D eigenvalue weighted by Gasteiger charge is -2.11. The number of aromatic nitrogens is 2. The third-order valence-corrected chi connectivity index (χ3v) is 4.71. The van der Waals surface area contributed by atoms with Crippen LogP contribution in [-0.2, 0) is 11.3 Å². The van der Waals surface area contributed by atoms with Crippen LogP contribution in [0.3, 0.4) is 0 Å². The van der Waals surface area contributed by atoms with Gasteiger partial charge in [-0.1, -0.05) is 18.2 Å². The Morgan fingerprint density at radius 2 is 1.55 bits per heavy atom. The van der Waals surface area contributed by atoms with E-state index >= 15 is 0 Å². The third kappa shape index (κ3) is 4.37. The van der Waals surface area contributed by atoms with Gasteiger partial charge in [0.2, 0.25) is 5.82 Å². The Morgan fingerprint density at radius 3 is 2.16 bits per heavy atom. The minimum atomic E-state index is -2.23. The molecule has 1 heterocycles. The molecule has 0 spiro atoms. The monoisotopic (exact) mass is 439 g/mol. The maximum Gasteiger partial charge on any atom is 0.262 e. The van der Waals surface area contributed by atoms with E-state index in [0.29, 0.717) is 11.4 Å². The van der Waals surface area contributed by atoms with E-state index in [9.17, 15) is 26.7 Å². The van der Waals surface area contributed by atoms with Crippen molar-refractivity contribution in [1.29, 1.82) is 0 Å². The predicted octanol–water partition coefficient (Wildman–Crippen LogP) is 4.57. The average Bonchev–Trinajstić information content (AvgIpc) is 3.00. The summed E-state index contributed by atoms with van der Waals surface area (Å²) >= 11 is 0. The summed E-state index contributed by atoms with van der Waals surface area (Å²) in [6, 6.07) is 7.12.